The molecule has 0 amide bonds. The Morgan fingerprint density at radius 2 is 1.89 bits per heavy atom. The van der Waals surface area contributed by atoms with E-state index in [1.165, 1.54) is 12.8 Å². The summed E-state index contributed by atoms with van der Waals surface area (Å²) in [5.41, 5.74) is 1.99. The Kier molecular flexibility index (Phi) is 3.07. The van der Waals surface area contributed by atoms with Gasteiger partial charge < -0.3 is 5.11 Å². The van der Waals surface area contributed by atoms with Gasteiger partial charge in [-0.25, -0.2) is 9.48 Å². The third kappa shape index (κ3) is 2.26. The van der Waals surface area contributed by atoms with Gasteiger partial charge in [0.1, 0.15) is 5.56 Å². The van der Waals surface area contributed by atoms with Gasteiger partial charge in [-0.1, -0.05) is 31.0 Å². The first-order valence-electron chi connectivity index (χ1n) is 6.64. The lowest BCUT2D eigenvalue weighted by Crippen LogP contribution is -2.03. The number of hydrogen-bond acceptors (Lipinski definition) is 2. The van der Waals surface area contributed by atoms with E-state index in [4.69, 9.17) is 0 Å². The van der Waals surface area contributed by atoms with Crippen LogP contribution in [0.3, 0.4) is 0 Å². The maximum Gasteiger partial charge on any atom is 0.339 e. The molecule has 1 aliphatic carbocycles. The summed E-state index contributed by atoms with van der Waals surface area (Å²) in [4.78, 5) is 11.4. The van der Waals surface area contributed by atoms with E-state index >= 15 is 0 Å². The normalized spacial score (nSPS) is 15.8. The number of hydrogen-bond donors (Lipinski definition) is 1. The second-order valence-electron chi connectivity index (χ2n) is 4.99. The molecule has 3 rings (SSSR count). The lowest BCUT2D eigenvalue weighted by atomic mass is 10.0. The zero-order valence-corrected chi connectivity index (χ0v) is 10.6. The number of benzene rings is 1. The van der Waals surface area contributed by atoms with Crippen LogP contribution in [0, 0.1) is 0 Å². The van der Waals surface area contributed by atoms with Crippen LogP contribution in [0.15, 0.2) is 36.5 Å². The standard InChI is InChI=1S/C15H16N2O2/c18-15(19)13-10-17(12-8-2-1-3-9-12)16-14(13)11-6-4-5-7-11/h1-3,8-11H,4-7H2,(H,18,19). The predicted molar refractivity (Wildman–Crippen MR) is 71.7 cm³/mol. The van der Waals surface area contributed by atoms with Crippen molar-refractivity contribution in [2.45, 2.75) is 31.6 Å². The smallest absolute Gasteiger partial charge is 0.339 e. The number of nitrogens with zero attached hydrogens (tertiary/aromatic N) is 2. The SMILES string of the molecule is O=C(O)c1cn(-c2ccccc2)nc1C1CCCC1. The van der Waals surface area contributed by atoms with E-state index in [2.05, 4.69) is 5.10 Å². The number of para-hydroxylation sites is 1. The van der Waals surface area contributed by atoms with Gasteiger partial charge >= 0.3 is 5.97 Å². The summed E-state index contributed by atoms with van der Waals surface area (Å²) in [7, 11) is 0. The van der Waals surface area contributed by atoms with Crippen molar-refractivity contribution in [2.75, 3.05) is 0 Å². The highest BCUT2D eigenvalue weighted by Gasteiger charge is 2.26. The van der Waals surface area contributed by atoms with Gasteiger partial charge in [-0.3, -0.25) is 0 Å². The zero-order chi connectivity index (χ0) is 13.2. The lowest BCUT2D eigenvalue weighted by Gasteiger charge is -2.06. The quantitative estimate of drug-likeness (QED) is 0.917. The number of aromatic carboxylic acids is 1. The van der Waals surface area contributed by atoms with Crippen molar-refractivity contribution in [1.82, 2.24) is 9.78 Å². The molecule has 1 aliphatic rings. The van der Waals surface area contributed by atoms with Crippen LogP contribution in [0.5, 0.6) is 0 Å². The van der Waals surface area contributed by atoms with Crippen molar-refractivity contribution in [3.05, 3.63) is 47.8 Å². The van der Waals surface area contributed by atoms with Gasteiger partial charge in [0, 0.05) is 12.1 Å². The van der Waals surface area contributed by atoms with Crippen LogP contribution in [0.4, 0.5) is 0 Å². The summed E-state index contributed by atoms with van der Waals surface area (Å²) < 4.78 is 1.68. The average Bonchev–Trinajstić information content (AvgIpc) is 3.08. The van der Waals surface area contributed by atoms with E-state index < -0.39 is 5.97 Å². The lowest BCUT2D eigenvalue weighted by molar-refractivity contribution is 0.0695. The molecule has 0 aliphatic heterocycles. The van der Waals surface area contributed by atoms with E-state index in [-0.39, 0.29) is 0 Å². The van der Waals surface area contributed by atoms with Crippen LogP contribution in [-0.2, 0) is 0 Å². The van der Waals surface area contributed by atoms with E-state index in [1.807, 2.05) is 30.3 Å². The summed E-state index contributed by atoms with van der Waals surface area (Å²) in [6.45, 7) is 0. The maximum atomic E-state index is 11.4. The monoisotopic (exact) mass is 256 g/mol. The van der Waals surface area contributed by atoms with Crippen molar-refractivity contribution in [2.24, 2.45) is 0 Å². The van der Waals surface area contributed by atoms with Gasteiger partial charge in [-0.2, -0.15) is 5.10 Å². The van der Waals surface area contributed by atoms with E-state index in [9.17, 15) is 9.90 Å². The fourth-order valence-corrected chi connectivity index (χ4v) is 2.77. The fraction of sp³-hybridized carbons (Fsp3) is 0.333. The highest BCUT2D eigenvalue weighted by atomic mass is 16.4. The molecule has 19 heavy (non-hydrogen) atoms. The fourth-order valence-electron chi connectivity index (χ4n) is 2.77. The van der Waals surface area contributed by atoms with Crippen LogP contribution in [0.2, 0.25) is 0 Å². The Bertz CT molecular complexity index is 583. The zero-order valence-electron chi connectivity index (χ0n) is 10.6. The highest BCUT2D eigenvalue weighted by Crippen LogP contribution is 2.35. The second-order valence-corrected chi connectivity index (χ2v) is 4.99. The number of carbonyl (C=O) groups is 1. The van der Waals surface area contributed by atoms with Gasteiger partial charge in [-0.05, 0) is 25.0 Å². The van der Waals surface area contributed by atoms with E-state index in [0.717, 1.165) is 24.2 Å². The number of aromatic nitrogens is 2. The van der Waals surface area contributed by atoms with Gasteiger partial charge in [0.15, 0.2) is 0 Å². The Labute approximate surface area is 111 Å². The van der Waals surface area contributed by atoms with Crippen LogP contribution >= 0.6 is 0 Å². The Morgan fingerprint density at radius 1 is 1.21 bits per heavy atom. The van der Waals surface area contributed by atoms with E-state index in [1.54, 1.807) is 10.9 Å². The molecule has 0 unspecified atom stereocenters. The Balaban J connectivity index is 2.04. The molecule has 0 saturated heterocycles. The van der Waals surface area contributed by atoms with Crippen LogP contribution in [0.25, 0.3) is 5.69 Å². The van der Waals surface area contributed by atoms with Crippen molar-refractivity contribution in [3.8, 4) is 5.69 Å². The third-order valence-electron chi connectivity index (χ3n) is 3.74. The minimum atomic E-state index is -0.885. The van der Waals surface area contributed by atoms with Crippen molar-refractivity contribution < 1.29 is 9.90 Å². The molecule has 1 aromatic carbocycles. The van der Waals surface area contributed by atoms with Crippen molar-refractivity contribution in [1.29, 1.82) is 0 Å². The van der Waals surface area contributed by atoms with E-state index in [0.29, 0.717) is 11.5 Å². The third-order valence-corrected chi connectivity index (χ3v) is 3.74. The molecule has 98 valence electrons. The minimum absolute atomic E-state index is 0.302. The summed E-state index contributed by atoms with van der Waals surface area (Å²) in [5.74, 6) is -0.583. The molecule has 1 N–H and O–H groups in total. The maximum absolute atomic E-state index is 11.4. The molecular formula is C15H16N2O2. The topological polar surface area (TPSA) is 55.1 Å². The minimum Gasteiger partial charge on any atom is -0.478 e. The van der Waals surface area contributed by atoms with Crippen LogP contribution in [0.1, 0.15) is 47.7 Å². The largest absolute Gasteiger partial charge is 0.478 e. The number of carboxylic acid groups (broad SMARTS) is 1. The predicted octanol–water partition coefficient (Wildman–Crippen LogP) is 3.23. The first-order chi connectivity index (χ1) is 9.25. The van der Waals surface area contributed by atoms with Crippen molar-refractivity contribution >= 4 is 5.97 Å². The second kappa shape index (κ2) is 4.88. The molecule has 2 aromatic rings. The summed E-state index contributed by atoms with van der Waals surface area (Å²) >= 11 is 0. The molecule has 0 bridgehead atoms. The molecule has 1 heterocycles. The molecule has 4 nitrogen and oxygen atoms in total. The van der Waals surface area contributed by atoms with Crippen molar-refractivity contribution in [3.63, 3.8) is 0 Å². The van der Waals surface area contributed by atoms with Crippen LogP contribution < -0.4 is 0 Å². The number of rotatable bonds is 3. The molecular weight excluding hydrogens is 240 g/mol. The Morgan fingerprint density at radius 3 is 2.53 bits per heavy atom. The number of carboxylic acids is 1. The van der Waals surface area contributed by atoms with Gasteiger partial charge in [0.05, 0.1) is 11.4 Å². The molecule has 0 spiro atoms. The molecule has 0 atom stereocenters. The first kappa shape index (κ1) is 12.0. The van der Waals surface area contributed by atoms with Gasteiger partial charge in [0.2, 0.25) is 0 Å². The molecule has 1 fully saturated rings. The summed E-state index contributed by atoms with van der Waals surface area (Å²) in [6.07, 6.45) is 6.06. The molecule has 0 radical (unpaired) electrons. The summed E-state index contributed by atoms with van der Waals surface area (Å²) in [5, 5.41) is 13.9. The van der Waals surface area contributed by atoms with Gasteiger partial charge in [0.25, 0.3) is 0 Å². The molecule has 4 heteroatoms. The molecule has 1 aromatic heterocycles. The van der Waals surface area contributed by atoms with Gasteiger partial charge in [-0.15, -0.1) is 0 Å². The highest BCUT2D eigenvalue weighted by molar-refractivity contribution is 5.89. The summed E-state index contributed by atoms with van der Waals surface area (Å²) in [6, 6.07) is 9.64. The average molecular weight is 256 g/mol. The molecule has 1 saturated carbocycles. The van der Waals surface area contributed by atoms with Crippen LogP contribution in [-0.4, -0.2) is 20.9 Å². The first-order valence-corrected chi connectivity index (χ1v) is 6.64. The Hall–Kier alpha value is -2.10.